The Balaban J connectivity index is 1.86. The van der Waals surface area contributed by atoms with Crippen molar-refractivity contribution < 1.29 is 26.8 Å². The summed E-state index contributed by atoms with van der Waals surface area (Å²) in [5, 5.41) is 4.78. The zero-order valence-corrected chi connectivity index (χ0v) is 16.0. The minimum absolute atomic E-state index is 0.113. The van der Waals surface area contributed by atoms with Crippen LogP contribution in [0.4, 0.5) is 8.78 Å². The predicted molar refractivity (Wildman–Crippen MR) is 97.9 cm³/mol. The van der Waals surface area contributed by atoms with Gasteiger partial charge in [-0.25, -0.2) is 21.5 Å². The van der Waals surface area contributed by atoms with Crippen LogP contribution in [0.5, 0.6) is 0 Å². The van der Waals surface area contributed by atoms with Gasteiger partial charge in [-0.1, -0.05) is 12.1 Å². The van der Waals surface area contributed by atoms with E-state index in [0.717, 1.165) is 16.4 Å². The number of amides is 2. The van der Waals surface area contributed by atoms with E-state index in [0.29, 0.717) is 11.6 Å². The van der Waals surface area contributed by atoms with Crippen LogP contribution in [0, 0.1) is 11.6 Å². The number of carbonyl (C=O) groups is 2. The highest BCUT2D eigenvalue weighted by Crippen LogP contribution is 2.14. The molecule has 0 aliphatic rings. The summed E-state index contributed by atoms with van der Waals surface area (Å²) in [6, 6.07) is 8.48. The van der Waals surface area contributed by atoms with Crippen LogP contribution in [0.1, 0.15) is 15.9 Å². The number of rotatable bonds is 7. The van der Waals surface area contributed by atoms with E-state index in [4.69, 9.17) is 0 Å². The van der Waals surface area contributed by atoms with E-state index in [2.05, 4.69) is 10.6 Å². The molecule has 0 spiro atoms. The van der Waals surface area contributed by atoms with Crippen LogP contribution in [-0.2, 0) is 21.4 Å². The molecule has 0 aromatic heterocycles. The largest absolute Gasteiger partial charge is 0.350 e. The summed E-state index contributed by atoms with van der Waals surface area (Å²) in [6.45, 7) is -0.287. The maximum Gasteiger partial charge on any atom is 0.254 e. The Morgan fingerprint density at radius 3 is 2.21 bits per heavy atom. The molecule has 0 fully saturated rings. The summed E-state index contributed by atoms with van der Waals surface area (Å²) in [5.41, 5.74) is 0.286. The van der Waals surface area contributed by atoms with Crippen molar-refractivity contribution in [3.05, 3.63) is 65.2 Å². The van der Waals surface area contributed by atoms with Crippen LogP contribution >= 0.6 is 0 Å². The quantitative estimate of drug-likeness (QED) is 0.717. The molecule has 2 aromatic rings. The van der Waals surface area contributed by atoms with Gasteiger partial charge in [-0.05, 0) is 29.8 Å². The first-order chi connectivity index (χ1) is 13.1. The fourth-order valence-corrected chi connectivity index (χ4v) is 3.08. The monoisotopic (exact) mass is 411 g/mol. The normalized spacial score (nSPS) is 11.3. The van der Waals surface area contributed by atoms with Crippen molar-refractivity contribution in [1.29, 1.82) is 0 Å². The van der Waals surface area contributed by atoms with Crippen molar-refractivity contribution in [2.45, 2.75) is 11.4 Å². The Hall–Kier alpha value is -2.85. The molecule has 150 valence electrons. The van der Waals surface area contributed by atoms with E-state index < -0.39 is 40.0 Å². The molecule has 0 saturated carbocycles. The van der Waals surface area contributed by atoms with E-state index in [-0.39, 0.29) is 17.0 Å². The number of carbonyl (C=O) groups excluding carboxylic acids is 2. The molecule has 28 heavy (non-hydrogen) atoms. The van der Waals surface area contributed by atoms with Crippen LogP contribution in [0.15, 0.2) is 47.4 Å². The smallest absolute Gasteiger partial charge is 0.254 e. The zero-order chi connectivity index (χ0) is 20.9. The molecule has 0 aliphatic heterocycles. The lowest BCUT2D eigenvalue weighted by Gasteiger charge is -2.12. The lowest BCUT2D eigenvalue weighted by Crippen LogP contribution is -2.36. The predicted octanol–water partition coefficient (Wildman–Crippen LogP) is 1.26. The first-order valence-corrected chi connectivity index (χ1v) is 9.56. The molecule has 10 heteroatoms. The van der Waals surface area contributed by atoms with E-state index >= 15 is 0 Å². The minimum atomic E-state index is -3.53. The fourth-order valence-electron chi connectivity index (χ4n) is 2.18. The average Bonchev–Trinajstić information content (AvgIpc) is 2.64. The van der Waals surface area contributed by atoms with Crippen molar-refractivity contribution in [2.75, 3.05) is 20.6 Å². The second-order valence-corrected chi connectivity index (χ2v) is 8.17. The van der Waals surface area contributed by atoms with Gasteiger partial charge in [0.1, 0.15) is 11.6 Å². The molecule has 2 aromatic carbocycles. The molecule has 7 nitrogen and oxygen atoms in total. The van der Waals surface area contributed by atoms with Gasteiger partial charge in [-0.2, -0.15) is 0 Å². The molecule has 0 radical (unpaired) electrons. The summed E-state index contributed by atoms with van der Waals surface area (Å²) in [4.78, 5) is 23.8. The van der Waals surface area contributed by atoms with Crippen LogP contribution in [0.2, 0.25) is 0 Å². The van der Waals surface area contributed by atoms with Gasteiger partial charge in [0.05, 0.1) is 17.0 Å². The average molecular weight is 411 g/mol. The molecule has 0 saturated heterocycles. The molecule has 0 aliphatic carbocycles. The van der Waals surface area contributed by atoms with Crippen molar-refractivity contribution in [1.82, 2.24) is 14.9 Å². The van der Waals surface area contributed by atoms with Crippen molar-refractivity contribution in [3.63, 3.8) is 0 Å². The Kier molecular flexibility index (Phi) is 6.81. The van der Waals surface area contributed by atoms with Gasteiger partial charge in [0.15, 0.2) is 0 Å². The van der Waals surface area contributed by atoms with Gasteiger partial charge >= 0.3 is 0 Å². The van der Waals surface area contributed by atoms with Crippen LogP contribution in [0.25, 0.3) is 0 Å². The van der Waals surface area contributed by atoms with Gasteiger partial charge in [0.2, 0.25) is 15.9 Å². The molecule has 2 amide bonds. The maximum atomic E-state index is 13.5. The highest BCUT2D eigenvalue weighted by atomic mass is 32.2. The SMILES string of the molecule is CN(C)S(=O)(=O)c1ccc(CNC(=O)CNC(=O)c2ccc(F)cc2F)cc1. The zero-order valence-electron chi connectivity index (χ0n) is 15.2. The van der Waals surface area contributed by atoms with Crippen LogP contribution in [0.3, 0.4) is 0 Å². The second-order valence-electron chi connectivity index (χ2n) is 6.01. The highest BCUT2D eigenvalue weighted by molar-refractivity contribution is 7.89. The van der Waals surface area contributed by atoms with Crippen molar-refractivity contribution >= 4 is 21.8 Å². The van der Waals surface area contributed by atoms with Crippen molar-refractivity contribution in [3.8, 4) is 0 Å². The molecule has 2 rings (SSSR count). The van der Waals surface area contributed by atoms with E-state index in [9.17, 15) is 26.8 Å². The first-order valence-electron chi connectivity index (χ1n) is 8.12. The number of sulfonamides is 1. The molecule has 0 unspecified atom stereocenters. The van der Waals surface area contributed by atoms with Gasteiger partial charge in [-0.15, -0.1) is 0 Å². The Morgan fingerprint density at radius 1 is 1.00 bits per heavy atom. The third-order valence-electron chi connectivity index (χ3n) is 3.78. The van der Waals surface area contributed by atoms with Crippen LogP contribution < -0.4 is 10.6 Å². The number of halogens is 2. The number of benzene rings is 2. The summed E-state index contributed by atoms with van der Waals surface area (Å²) in [6.07, 6.45) is 0. The third-order valence-corrected chi connectivity index (χ3v) is 5.61. The van der Waals surface area contributed by atoms with Gasteiger partial charge in [0, 0.05) is 26.7 Å². The molecule has 0 atom stereocenters. The number of hydrogen-bond acceptors (Lipinski definition) is 4. The number of hydrogen-bond donors (Lipinski definition) is 2. The minimum Gasteiger partial charge on any atom is -0.350 e. The second kappa shape index (κ2) is 8.89. The van der Waals surface area contributed by atoms with E-state index in [1.165, 1.54) is 26.2 Å². The van der Waals surface area contributed by atoms with Crippen molar-refractivity contribution in [2.24, 2.45) is 0 Å². The summed E-state index contributed by atoms with van der Waals surface area (Å²) in [7, 11) is -0.679. The van der Waals surface area contributed by atoms with E-state index in [1.54, 1.807) is 12.1 Å². The highest BCUT2D eigenvalue weighted by Gasteiger charge is 2.17. The Morgan fingerprint density at radius 2 is 1.64 bits per heavy atom. The maximum absolute atomic E-state index is 13.5. The van der Waals surface area contributed by atoms with E-state index in [1.807, 2.05) is 0 Å². The third kappa shape index (κ3) is 5.33. The van der Waals surface area contributed by atoms with Gasteiger partial charge < -0.3 is 10.6 Å². The fraction of sp³-hybridized carbons (Fsp3) is 0.222. The number of nitrogens with one attached hydrogen (secondary N) is 2. The molecular formula is C18H19F2N3O4S. The standard InChI is InChI=1S/C18H19F2N3O4S/c1-23(2)28(26,27)14-6-3-12(4-7-14)10-21-17(24)11-22-18(25)15-8-5-13(19)9-16(15)20/h3-9H,10-11H2,1-2H3,(H,21,24)(H,22,25). The first kappa shape index (κ1) is 21.5. The Labute approximate surface area is 161 Å². The molecule has 2 N–H and O–H groups in total. The lowest BCUT2D eigenvalue weighted by atomic mass is 10.2. The summed E-state index contributed by atoms with van der Waals surface area (Å²) >= 11 is 0. The van der Waals surface area contributed by atoms with Gasteiger partial charge in [0.25, 0.3) is 5.91 Å². The molecule has 0 bridgehead atoms. The Bertz CT molecular complexity index is 977. The lowest BCUT2D eigenvalue weighted by molar-refractivity contribution is -0.120. The van der Waals surface area contributed by atoms with Gasteiger partial charge in [-0.3, -0.25) is 9.59 Å². The summed E-state index contributed by atoms with van der Waals surface area (Å²) in [5.74, 6) is -3.20. The summed E-state index contributed by atoms with van der Waals surface area (Å²) < 4.78 is 51.4. The molecular weight excluding hydrogens is 392 g/mol. The molecule has 0 heterocycles. The number of nitrogens with zero attached hydrogens (tertiary/aromatic N) is 1. The topological polar surface area (TPSA) is 95.6 Å². The van der Waals surface area contributed by atoms with Crippen LogP contribution in [-0.4, -0.2) is 45.2 Å².